The number of carbonyl (C=O) groups is 1. The Bertz CT molecular complexity index is 395. The van der Waals surface area contributed by atoms with Gasteiger partial charge in [-0.1, -0.05) is 32.3 Å². The number of carbonyl (C=O) groups excluding carboxylic acids is 1. The van der Waals surface area contributed by atoms with E-state index in [4.69, 9.17) is 0 Å². The zero-order valence-corrected chi connectivity index (χ0v) is 12.8. The second kappa shape index (κ2) is 8.86. The van der Waals surface area contributed by atoms with E-state index < -0.39 is 0 Å². The Morgan fingerprint density at radius 3 is 2.84 bits per heavy atom. The maximum absolute atomic E-state index is 11.8. The van der Waals surface area contributed by atoms with Crippen molar-refractivity contribution in [1.29, 1.82) is 0 Å². The summed E-state index contributed by atoms with van der Waals surface area (Å²) in [5.74, 6) is 0. The molecule has 1 rings (SSSR count). The Hall–Kier alpha value is -1.16. The fourth-order valence-electron chi connectivity index (χ4n) is 1.86. The lowest BCUT2D eigenvalue weighted by atomic mass is 10.1. The highest BCUT2D eigenvalue weighted by atomic mass is 32.2. The molecule has 3 nitrogen and oxygen atoms in total. The first kappa shape index (κ1) is 15.9. The number of benzene rings is 1. The van der Waals surface area contributed by atoms with Gasteiger partial charge in [-0.25, -0.2) is 4.79 Å². The monoisotopic (exact) mass is 280 g/mol. The van der Waals surface area contributed by atoms with Gasteiger partial charge in [0, 0.05) is 16.6 Å². The molecule has 1 aromatic rings. The van der Waals surface area contributed by atoms with Crippen molar-refractivity contribution < 1.29 is 4.79 Å². The molecule has 106 valence electrons. The molecule has 1 unspecified atom stereocenters. The SMILES string of the molecule is CCCCCC(C)NC(=O)Nc1cccc(SC)c1. The van der Waals surface area contributed by atoms with E-state index in [0.29, 0.717) is 0 Å². The first-order valence-electron chi connectivity index (χ1n) is 6.87. The maximum atomic E-state index is 11.8. The standard InChI is InChI=1S/C15H24N2OS/c1-4-5-6-8-12(2)16-15(18)17-13-9-7-10-14(11-13)19-3/h7,9-12H,4-6,8H2,1-3H3,(H2,16,17,18). The van der Waals surface area contributed by atoms with Crippen LogP contribution in [0, 0.1) is 0 Å². The van der Waals surface area contributed by atoms with Crippen LogP contribution in [-0.4, -0.2) is 18.3 Å². The van der Waals surface area contributed by atoms with Gasteiger partial charge in [-0.05, 0) is 37.8 Å². The van der Waals surface area contributed by atoms with Gasteiger partial charge in [0.2, 0.25) is 0 Å². The third-order valence-electron chi connectivity index (χ3n) is 2.95. The van der Waals surface area contributed by atoms with Crippen molar-refractivity contribution in [2.24, 2.45) is 0 Å². The molecule has 0 heterocycles. The molecule has 0 aliphatic carbocycles. The number of unbranched alkanes of at least 4 members (excludes halogenated alkanes) is 2. The smallest absolute Gasteiger partial charge is 0.319 e. The number of amides is 2. The molecule has 0 radical (unpaired) electrons. The van der Waals surface area contributed by atoms with Gasteiger partial charge >= 0.3 is 6.03 Å². The van der Waals surface area contributed by atoms with Gasteiger partial charge < -0.3 is 10.6 Å². The topological polar surface area (TPSA) is 41.1 Å². The molecule has 1 aromatic carbocycles. The predicted molar refractivity (Wildman–Crippen MR) is 84.0 cm³/mol. The summed E-state index contributed by atoms with van der Waals surface area (Å²) in [6.07, 6.45) is 6.66. The average molecular weight is 280 g/mol. The summed E-state index contributed by atoms with van der Waals surface area (Å²) < 4.78 is 0. The van der Waals surface area contributed by atoms with Crippen molar-refractivity contribution in [2.45, 2.75) is 50.5 Å². The Labute approximate surface area is 120 Å². The van der Waals surface area contributed by atoms with Gasteiger partial charge in [0.1, 0.15) is 0 Å². The van der Waals surface area contributed by atoms with E-state index in [1.165, 1.54) is 19.3 Å². The summed E-state index contributed by atoms with van der Waals surface area (Å²) in [5.41, 5.74) is 0.838. The number of rotatable bonds is 7. The number of thioether (sulfide) groups is 1. The van der Waals surface area contributed by atoms with Crippen LogP contribution in [0.25, 0.3) is 0 Å². The largest absolute Gasteiger partial charge is 0.335 e. The van der Waals surface area contributed by atoms with Crippen LogP contribution >= 0.6 is 11.8 Å². The van der Waals surface area contributed by atoms with E-state index in [9.17, 15) is 4.79 Å². The molecule has 0 aliphatic heterocycles. The van der Waals surface area contributed by atoms with Gasteiger partial charge in [-0.15, -0.1) is 11.8 Å². The van der Waals surface area contributed by atoms with Crippen molar-refractivity contribution in [3.05, 3.63) is 24.3 Å². The zero-order chi connectivity index (χ0) is 14.1. The molecule has 1 atom stereocenters. The molecule has 19 heavy (non-hydrogen) atoms. The van der Waals surface area contributed by atoms with Crippen molar-refractivity contribution in [3.8, 4) is 0 Å². The lowest BCUT2D eigenvalue weighted by molar-refractivity contribution is 0.248. The van der Waals surface area contributed by atoms with E-state index in [2.05, 4.69) is 17.6 Å². The molecule has 0 fully saturated rings. The van der Waals surface area contributed by atoms with Gasteiger partial charge in [0.05, 0.1) is 0 Å². The highest BCUT2D eigenvalue weighted by molar-refractivity contribution is 7.98. The second-order valence-corrected chi connectivity index (χ2v) is 5.61. The van der Waals surface area contributed by atoms with E-state index in [1.807, 2.05) is 37.4 Å². The van der Waals surface area contributed by atoms with Crippen LogP contribution in [0.4, 0.5) is 10.5 Å². The van der Waals surface area contributed by atoms with Crippen LogP contribution in [0.5, 0.6) is 0 Å². The summed E-state index contributed by atoms with van der Waals surface area (Å²) in [4.78, 5) is 13.0. The number of anilines is 1. The number of hydrogen-bond acceptors (Lipinski definition) is 2. The maximum Gasteiger partial charge on any atom is 0.319 e. The molecule has 0 spiro atoms. The summed E-state index contributed by atoms with van der Waals surface area (Å²) in [5, 5.41) is 5.84. The van der Waals surface area contributed by atoms with Gasteiger partial charge in [-0.3, -0.25) is 0 Å². The highest BCUT2D eigenvalue weighted by Crippen LogP contribution is 2.18. The van der Waals surface area contributed by atoms with Crippen molar-refractivity contribution in [1.82, 2.24) is 5.32 Å². The molecule has 0 saturated heterocycles. The van der Waals surface area contributed by atoms with Crippen molar-refractivity contribution >= 4 is 23.5 Å². The van der Waals surface area contributed by atoms with Crippen LogP contribution < -0.4 is 10.6 Å². The zero-order valence-electron chi connectivity index (χ0n) is 12.0. The molecule has 2 amide bonds. The van der Waals surface area contributed by atoms with E-state index >= 15 is 0 Å². The first-order chi connectivity index (χ1) is 9.15. The van der Waals surface area contributed by atoms with Gasteiger partial charge in [0.25, 0.3) is 0 Å². The minimum Gasteiger partial charge on any atom is -0.335 e. The summed E-state index contributed by atoms with van der Waals surface area (Å²) in [7, 11) is 0. The second-order valence-electron chi connectivity index (χ2n) is 4.73. The quantitative estimate of drug-likeness (QED) is 0.570. The van der Waals surface area contributed by atoms with E-state index in [1.54, 1.807) is 11.8 Å². The summed E-state index contributed by atoms with van der Waals surface area (Å²) >= 11 is 1.67. The molecule has 0 aliphatic rings. The Morgan fingerprint density at radius 2 is 2.16 bits per heavy atom. The highest BCUT2D eigenvalue weighted by Gasteiger charge is 2.07. The Morgan fingerprint density at radius 1 is 1.37 bits per heavy atom. The molecular weight excluding hydrogens is 256 g/mol. The number of hydrogen-bond donors (Lipinski definition) is 2. The minimum atomic E-state index is -0.123. The molecular formula is C15H24N2OS. The molecule has 4 heteroatoms. The van der Waals surface area contributed by atoms with Crippen molar-refractivity contribution in [2.75, 3.05) is 11.6 Å². The molecule has 0 saturated carbocycles. The predicted octanol–water partition coefficient (Wildman–Crippen LogP) is 4.50. The van der Waals surface area contributed by atoms with Crippen molar-refractivity contribution in [3.63, 3.8) is 0 Å². The molecule has 2 N–H and O–H groups in total. The first-order valence-corrected chi connectivity index (χ1v) is 8.09. The average Bonchev–Trinajstić information content (AvgIpc) is 2.39. The summed E-state index contributed by atoms with van der Waals surface area (Å²) in [6.45, 7) is 4.23. The minimum absolute atomic E-state index is 0.123. The summed E-state index contributed by atoms with van der Waals surface area (Å²) in [6, 6.07) is 7.96. The third-order valence-corrected chi connectivity index (χ3v) is 3.67. The molecule has 0 aromatic heterocycles. The fraction of sp³-hybridized carbons (Fsp3) is 0.533. The lowest BCUT2D eigenvalue weighted by Crippen LogP contribution is -2.36. The van der Waals surface area contributed by atoms with Crippen LogP contribution in [-0.2, 0) is 0 Å². The molecule has 0 bridgehead atoms. The number of urea groups is 1. The Balaban J connectivity index is 2.37. The Kier molecular flexibility index (Phi) is 7.41. The van der Waals surface area contributed by atoms with Gasteiger partial charge in [0.15, 0.2) is 0 Å². The third kappa shape index (κ3) is 6.53. The number of nitrogens with one attached hydrogen (secondary N) is 2. The van der Waals surface area contributed by atoms with E-state index in [0.717, 1.165) is 17.0 Å². The van der Waals surface area contributed by atoms with Gasteiger partial charge in [-0.2, -0.15) is 0 Å². The van der Waals surface area contributed by atoms with E-state index in [-0.39, 0.29) is 12.1 Å². The van der Waals surface area contributed by atoms with Crippen LogP contribution in [0.15, 0.2) is 29.2 Å². The van der Waals surface area contributed by atoms with Crippen LogP contribution in [0.2, 0.25) is 0 Å². The lowest BCUT2D eigenvalue weighted by Gasteiger charge is -2.14. The normalized spacial score (nSPS) is 11.9. The van der Waals surface area contributed by atoms with Crippen LogP contribution in [0.1, 0.15) is 39.5 Å². The fourth-order valence-corrected chi connectivity index (χ4v) is 2.32. The van der Waals surface area contributed by atoms with Crippen LogP contribution in [0.3, 0.4) is 0 Å².